The lowest BCUT2D eigenvalue weighted by atomic mass is 10.0. The van der Waals surface area contributed by atoms with Crippen molar-refractivity contribution >= 4 is 27.1 Å². The van der Waals surface area contributed by atoms with Crippen LogP contribution in [0.4, 0.5) is 5.69 Å². The van der Waals surface area contributed by atoms with Gasteiger partial charge in [0.25, 0.3) is 0 Å². The highest BCUT2D eigenvalue weighted by Crippen LogP contribution is 2.33. The van der Waals surface area contributed by atoms with Crippen molar-refractivity contribution in [1.29, 1.82) is 0 Å². The van der Waals surface area contributed by atoms with Crippen LogP contribution in [0.1, 0.15) is 18.9 Å². The first-order valence-electron chi connectivity index (χ1n) is 11.9. The molecule has 1 amide bonds. The summed E-state index contributed by atoms with van der Waals surface area (Å²) < 4.78 is 33.3. The number of hydrogen-bond acceptors (Lipinski definition) is 6. The lowest BCUT2D eigenvalue weighted by Crippen LogP contribution is -2.48. The molecule has 2 aliphatic rings. The van der Waals surface area contributed by atoms with Crippen molar-refractivity contribution in [2.45, 2.75) is 26.4 Å². The summed E-state index contributed by atoms with van der Waals surface area (Å²) in [6.07, 6.45) is 5.46. The fourth-order valence-electron chi connectivity index (χ4n) is 4.88. The Morgan fingerprint density at radius 1 is 1.11 bits per heavy atom. The molecule has 4 heterocycles. The molecule has 0 bridgehead atoms. The van der Waals surface area contributed by atoms with Crippen LogP contribution in [0, 0.1) is 12.8 Å². The van der Waals surface area contributed by atoms with Crippen molar-refractivity contribution in [1.82, 2.24) is 19.2 Å². The maximum atomic E-state index is 11.8. The summed E-state index contributed by atoms with van der Waals surface area (Å²) in [6.45, 7) is 6.98. The number of fused-ring (bicyclic) bond motifs is 1. The Bertz CT molecular complexity index is 1340. The zero-order valence-electron chi connectivity index (χ0n) is 20.3. The Balaban J connectivity index is 1.37. The number of aromatic nitrogens is 2. The number of amides is 1. The molecule has 0 radical (unpaired) electrons. The Kier molecular flexibility index (Phi) is 6.18. The number of anilines is 1. The summed E-state index contributed by atoms with van der Waals surface area (Å²) in [7, 11) is -3.15. The number of ether oxygens (including phenoxy) is 1. The fraction of sp³-hybridized carbons (Fsp3) is 0.440. The summed E-state index contributed by atoms with van der Waals surface area (Å²) in [5, 5.41) is 7.39. The Hall–Kier alpha value is -3.11. The minimum Gasteiger partial charge on any atom is -0.488 e. The minimum absolute atomic E-state index is 0.0719. The zero-order valence-corrected chi connectivity index (χ0v) is 21.1. The van der Waals surface area contributed by atoms with E-state index in [9.17, 15) is 13.2 Å². The third kappa shape index (κ3) is 4.85. The van der Waals surface area contributed by atoms with Gasteiger partial charge in [0.2, 0.25) is 15.9 Å². The molecular weight excluding hydrogens is 466 g/mol. The third-order valence-corrected chi connectivity index (χ3v) is 8.32. The SMILES string of the molecule is Cc1cnn2cc(-c3ccc(N4CCN(S(C)(=O)=O)CC4)cc3)cc(OC(C)C3CNC(=O)C3)c12. The number of pyridine rings is 1. The van der Waals surface area contributed by atoms with Crippen LogP contribution in [0.15, 0.2) is 42.7 Å². The first-order valence-corrected chi connectivity index (χ1v) is 13.8. The number of rotatable bonds is 6. The van der Waals surface area contributed by atoms with Gasteiger partial charge in [0.1, 0.15) is 17.4 Å². The van der Waals surface area contributed by atoms with Crippen molar-refractivity contribution in [2.24, 2.45) is 5.92 Å². The number of carbonyl (C=O) groups excluding carboxylic acids is 1. The molecule has 2 aromatic heterocycles. The average molecular weight is 498 g/mol. The van der Waals surface area contributed by atoms with E-state index in [1.807, 2.05) is 36.8 Å². The van der Waals surface area contributed by atoms with Crippen LogP contribution in [-0.4, -0.2) is 73.3 Å². The molecule has 3 aromatic rings. The third-order valence-electron chi connectivity index (χ3n) is 7.02. The van der Waals surface area contributed by atoms with Crippen molar-refractivity contribution < 1.29 is 17.9 Å². The number of nitrogens with one attached hydrogen (secondary N) is 1. The molecule has 2 aliphatic heterocycles. The quantitative estimate of drug-likeness (QED) is 0.562. The second-order valence-corrected chi connectivity index (χ2v) is 11.5. The minimum atomic E-state index is -3.15. The topological polar surface area (TPSA) is 96.2 Å². The largest absolute Gasteiger partial charge is 0.488 e. The van der Waals surface area contributed by atoms with Gasteiger partial charge in [0.05, 0.1) is 12.5 Å². The number of sulfonamides is 1. The Morgan fingerprint density at radius 2 is 1.83 bits per heavy atom. The predicted octanol–water partition coefficient (Wildman–Crippen LogP) is 2.29. The van der Waals surface area contributed by atoms with Crippen molar-refractivity contribution in [3.8, 4) is 16.9 Å². The summed E-state index contributed by atoms with van der Waals surface area (Å²) in [6, 6.07) is 10.3. The van der Waals surface area contributed by atoms with Crippen molar-refractivity contribution in [2.75, 3.05) is 43.9 Å². The van der Waals surface area contributed by atoms with E-state index >= 15 is 0 Å². The van der Waals surface area contributed by atoms with Crippen LogP contribution in [0.5, 0.6) is 5.75 Å². The molecule has 2 fully saturated rings. The number of benzene rings is 1. The predicted molar refractivity (Wildman–Crippen MR) is 135 cm³/mol. The lowest BCUT2D eigenvalue weighted by molar-refractivity contribution is -0.119. The molecule has 5 rings (SSSR count). The van der Waals surface area contributed by atoms with Gasteiger partial charge in [-0.05, 0) is 43.2 Å². The lowest BCUT2D eigenvalue weighted by Gasteiger charge is -2.34. The second kappa shape index (κ2) is 9.16. The zero-order chi connectivity index (χ0) is 24.7. The van der Waals surface area contributed by atoms with Gasteiger partial charge in [-0.1, -0.05) is 12.1 Å². The Morgan fingerprint density at radius 3 is 2.46 bits per heavy atom. The smallest absolute Gasteiger partial charge is 0.220 e. The van der Waals surface area contributed by atoms with Gasteiger partial charge >= 0.3 is 0 Å². The molecule has 2 unspecified atom stereocenters. The van der Waals surface area contributed by atoms with Crippen LogP contribution < -0.4 is 15.0 Å². The first-order chi connectivity index (χ1) is 16.7. The number of nitrogens with zero attached hydrogens (tertiary/aromatic N) is 4. The molecule has 0 saturated carbocycles. The van der Waals surface area contributed by atoms with Crippen molar-refractivity contribution in [3.63, 3.8) is 0 Å². The Labute approximate surface area is 205 Å². The maximum Gasteiger partial charge on any atom is 0.220 e. The van der Waals surface area contributed by atoms with E-state index in [4.69, 9.17) is 4.74 Å². The molecule has 2 saturated heterocycles. The normalized spacial score (nSPS) is 20.3. The molecule has 186 valence electrons. The van der Waals surface area contributed by atoms with E-state index < -0.39 is 10.0 Å². The first kappa shape index (κ1) is 23.6. The van der Waals surface area contributed by atoms with Crippen LogP contribution in [0.3, 0.4) is 0 Å². The number of hydrogen-bond donors (Lipinski definition) is 1. The average Bonchev–Trinajstić information content (AvgIpc) is 3.44. The molecular formula is C25H31N5O4S. The summed E-state index contributed by atoms with van der Waals surface area (Å²) in [5.41, 5.74) is 5.05. The van der Waals surface area contributed by atoms with Gasteiger partial charge in [-0.25, -0.2) is 12.9 Å². The van der Waals surface area contributed by atoms with Gasteiger partial charge in [-0.2, -0.15) is 9.40 Å². The van der Waals surface area contributed by atoms with Crippen molar-refractivity contribution in [3.05, 3.63) is 48.3 Å². The number of carbonyl (C=O) groups is 1. The van der Waals surface area contributed by atoms with E-state index in [1.165, 1.54) is 10.6 Å². The van der Waals surface area contributed by atoms with Gasteiger partial charge in [-0.3, -0.25) is 4.79 Å². The second-order valence-electron chi connectivity index (χ2n) is 9.50. The van der Waals surface area contributed by atoms with Crippen LogP contribution in [0.25, 0.3) is 16.6 Å². The maximum absolute atomic E-state index is 11.8. The van der Waals surface area contributed by atoms with Crippen LogP contribution in [-0.2, 0) is 14.8 Å². The summed E-state index contributed by atoms with van der Waals surface area (Å²) in [4.78, 5) is 13.9. The van der Waals surface area contributed by atoms with Gasteiger partial charge < -0.3 is 15.0 Å². The van der Waals surface area contributed by atoms with E-state index in [-0.39, 0.29) is 17.9 Å². The monoisotopic (exact) mass is 497 g/mol. The van der Waals surface area contributed by atoms with Gasteiger partial charge in [0, 0.05) is 62.5 Å². The fourth-order valence-corrected chi connectivity index (χ4v) is 5.70. The number of piperazine rings is 1. The summed E-state index contributed by atoms with van der Waals surface area (Å²) in [5.74, 6) is 0.963. The molecule has 0 spiro atoms. The molecule has 0 aliphatic carbocycles. The highest BCUT2D eigenvalue weighted by Gasteiger charge is 2.29. The van der Waals surface area contributed by atoms with E-state index in [0.29, 0.717) is 39.1 Å². The molecule has 10 heteroatoms. The van der Waals surface area contributed by atoms with E-state index in [0.717, 1.165) is 33.6 Å². The molecule has 1 N–H and O–H groups in total. The number of aryl methyl sites for hydroxylation is 1. The van der Waals surface area contributed by atoms with Crippen LogP contribution >= 0.6 is 0 Å². The van der Waals surface area contributed by atoms with Gasteiger partial charge in [-0.15, -0.1) is 0 Å². The summed E-state index contributed by atoms with van der Waals surface area (Å²) >= 11 is 0. The van der Waals surface area contributed by atoms with E-state index in [1.54, 1.807) is 0 Å². The molecule has 35 heavy (non-hydrogen) atoms. The molecule has 1 aromatic carbocycles. The standard InChI is InChI=1S/C25H31N5O4S/c1-17-14-27-30-16-21(12-23(25(17)30)34-18(2)20-13-24(31)26-15-20)19-4-6-22(7-5-19)28-8-10-29(11-9-28)35(3,32)33/h4-7,12,14,16,18,20H,8-11,13,15H2,1-3H3,(H,26,31). The molecule has 2 atom stereocenters. The molecule has 9 nitrogen and oxygen atoms in total. The highest BCUT2D eigenvalue weighted by atomic mass is 32.2. The van der Waals surface area contributed by atoms with E-state index in [2.05, 4.69) is 39.6 Å². The van der Waals surface area contributed by atoms with Crippen LogP contribution in [0.2, 0.25) is 0 Å². The highest BCUT2D eigenvalue weighted by molar-refractivity contribution is 7.88. The van der Waals surface area contributed by atoms with Gasteiger partial charge in [0.15, 0.2) is 0 Å².